The summed E-state index contributed by atoms with van der Waals surface area (Å²) in [7, 11) is 1.84. The zero-order chi connectivity index (χ0) is 25.5. The minimum atomic E-state index is -0.569. The summed E-state index contributed by atoms with van der Waals surface area (Å²) in [6.45, 7) is 8.31. The highest BCUT2D eigenvalue weighted by molar-refractivity contribution is 6.34. The van der Waals surface area contributed by atoms with E-state index in [1.807, 2.05) is 75.7 Å². The third-order valence-corrected chi connectivity index (χ3v) is 6.70. The third kappa shape index (κ3) is 5.05. The number of nitrogens with zero attached hydrogens (tertiary/aromatic N) is 3. The van der Waals surface area contributed by atoms with Crippen LogP contribution in [0.5, 0.6) is 0 Å². The van der Waals surface area contributed by atoms with Gasteiger partial charge in [0, 0.05) is 43.4 Å². The number of halogens is 1. The summed E-state index contributed by atoms with van der Waals surface area (Å²) in [5.41, 5.74) is 11.4. The number of carbonyl (C=O) groups excluding carboxylic acids is 2. The molecule has 1 aromatic heterocycles. The Morgan fingerprint density at radius 1 is 1.14 bits per heavy atom. The van der Waals surface area contributed by atoms with Gasteiger partial charge in [-0.25, -0.2) is 9.78 Å². The zero-order valence-electron chi connectivity index (χ0n) is 20.8. The van der Waals surface area contributed by atoms with Crippen LogP contribution in [-0.2, 0) is 31.2 Å². The summed E-state index contributed by atoms with van der Waals surface area (Å²) in [4.78, 5) is 32.1. The van der Waals surface area contributed by atoms with E-state index >= 15 is 0 Å². The van der Waals surface area contributed by atoms with Gasteiger partial charge in [0.1, 0.15) is 5.60 Å². The molecule has 0 aliphatic carbocycles. The fraction of sp³-hybridized carbons (Fsp3) is 0.370. The molecule has 1 aliphatic rings. The highest BCUT2D eigenvalue weighted by atomic mass is 35.5. The Balaban J connectivity index is 1.57. The number of amides is 1. The molecule has 3 aromatic rings. The first kappa shape index (κ1) is 24.8. The number of anilines is 1. The van der Waals surface area contributed by atoms with Gasteiger partial charge < -0.3 is 19.9 Å². The molecule has 1 amide bonds. The Morgan fingerprint density at radius 3 is 2.54 bits per heavy atom. The second kappa shape index (κ2) is 9.38. The number of hydrogen-bond donors (Lipinski definition) is 1. The number of ketones is 1. The van der Waals surface area contributed by atoms with Crippen LogP contribution in [0.25, 0.3) is 11.1 Å². The highest BCUT2D eigenvalue weighted by Crippen LogP contribution is 2.35. The zero-order valence-corrected chi connectivity index (χ0v) is 21.6. The van der Waals surface area contributed by atoms with Gasteiger partial charge in [0.15, 0.2) is 5.82 Å². The van der Waals surface area contributed by atoms with Crippen LogP contribution < -0.4 is 5.73 Å². The van der Waals surface area contributed by atoms with Gasteiger partial charge in [-0.2, -0.15) is 0 Å². The molecule has 2 aromatic carbocycles. The van der Waals surface area contributed by atoms with Crippen LogP contribution in [0.1, 0.15) is 53.9 Å². The second-order valence-corrected chi connectivity index (χ2v) is 10.3. The molecule has 0 unspecified atom stereocenters. The molecule has 2 N–H and O–H groups in total. The topological polar surface area (TPSA) is 90.5 Å². The molecule has 0 radical (unpaired) electrons. The molecule has 0 spiro atoms. The van der Waals surface area contributed by atoms with Crippen LogP contribution in [0.3, 0.4) is 0 Å². The summed E-state index contributed by atoms with van der Waals surface area (Å²) >= 11 is 6.77. The van der Waals surface area contributed by atoms with E-state index in [0.717, 1.165) is 33.6 Å². The van der Waals surface area contributed by atoms with Crippen molar-refractivity contribution >= 4 is 29.2 Å². The Bertz CT molecular complexity index is 1310. The van der Waals surface area contributed by atoms with E-state index in [1.165, 1.54) is 0 Å². The first-order valence-corrected chi connectivity index (χ1v) is 12.0. The van der Waals surface area contributed by atoms with Crippen LogP contribution >= 0.6 is 11.6 Å². The van der Waals surface area contributed by atoms with Gasteiger partial charge in [0.05, 0.1) is 17.3 Å². The summed E-state index contributed by atoms with van der Waals surface area (Å²) in [5, 5.41) is 0.532. The van der Waals surface area contributed by atoms with Crippen molar-refractivity contribution in [2.45, 2.75) is 52.7 Å². The molecule has 8 heteroatoms. The van der Waals surface area contributed by atoms with Crippen molar-refractivity contribution < 1.29 is 14.3 Å². The van der Waals surface area contributed by atoms with Crippen molar-refractivity contribution in [1.29, 1.82) is 0 Å². The first-order valence-electron chi connectivity index (χ1n) is 11.6. The number of rotatable bonds is 4. The van der Waals surface area contributed by atoms with Crippen molar-refractivity contribution in [3.8, 4) is 11.1 Å². The molecular weight excluding hydrogens is 464 g/mol. The lowest BCUT2D eigenvalue weighted by Gasteiger charge is -2.29. The van der Waals surface area contributed by atoms with E-state index in [2.05, 4.69) is 4.98 Å². The van der Waals surface area contributed by atoms with Gasteiger partial charge in [-0.3, -0.25) is 4.79 Å². The van der Waals surface area contributed by atoms with E-state index < -0.39 is 5.60 Å². The third-order valence-electron chi connectivity index (χ3n) is 6.25. The molecule has 0 saturated carbocycles. The lowest BCUT2D eigenvalue weighted by molar-refractivity contribution is 0.0220. The molecule has 0 saturated heterocycles. The Hall–Kier alpha value is -3.32. The largest absolute Gasteiger partial charge is 0.444 e. The van der Waals surface area contributed by atoms with Crippen molar-refractivity contribution in [1.82, 2.24) is 14.5 Å². The number of aromatic nitrogens is 2. The van der Waals surface area contributed by atoms with Gasteiger partial charge in [-0.15, -0.1) is 0 Å². The summed E-state index contributed by atoms with van der Waals surface area (Å²) in [5.74, 6) is 0.233. The standard InChI is InChI=1S/C27H31ClN4O3/c1-16-18(9-7-11-20(16)29)19-10-6-8-17(24(19)28)14-23(33)25-30-21-15-32(13-12-22(21)31(25)5)26(34)35-27(2,3)4/h6-11H,12-15,29H2,1-5H3. The SMILES string of the molecule is Cc1c(N)cccc1-c1cccc(CC(=O)c2nc3c(n2C)CCN(C(=O)OC(C)(C)C)C3)c1Cl. The smallest absolute Gasteiger partial charge is 0.410 e. The van der Waals surface area contributed by atoms with E-state index in [4.69, 9.17) is 22.1 Å². The van der Waals surface area contributed by atoms with Gasteiger partial charge in [0.25, 0.3) is 0 Å². The van der Waals surface area contributed by atoms with Crippen molar-refractivity contribution in [2.24, 2.45) is 7.05 Å². The minimum absolute atomic E-state index is 0.119. The summed E-state index contributed by atoms with van der Waals surface area (Å²) < 4.78 is 7.33. The Morgan fingerprint density at radius 2 is 1.83 bits per heavy atom. The monoisotopic (exact) mass is 494 g/mol. The fourth-order valence-electron chi connectivity index (χ4n) is 4.38. The lowest BCUT2D eigenvalue weighted by atomic mass is 9.96. The number of Topliss-reactive ketones (excluding diaryl/α,β-unsaturated/α-hetero) is 1. The number of imidazole rings is 1. The van der Waals surface area contributed by atoms with Gasteiger partial charge in [0.2, 0.25) is 5.78 Å². The maximum Gasteiger partial charge on any atom is 0.410 e. The van der Waals surface area contributed by atoms with Crippen LogP contribution in [0, 0.1) is 6.92 Å². The molecule has 1 aliphatic heterocycles. The number of carbonyl (C=O) groups is 2. The van der Waals surface area contributed by atoms with Crippen LogP contribution in [0.15, 0.2) is 36.4 Å². The molecule has 4 rings (SSSR count). The summed E-state index contributed by atoms with van der Waals surface area (Å²) in [6, 6.07) is 11.4. The van der Waals surface area contributed by atoms with E-state index in [-0.39, 0.29) is 18.3 Å². The molecule has 0 atom stereocenters. The average molecular weight is 495 g/mol. The fourth-order valence-corrected chi connectivity index (χ4v) is 4.68. The highest BCUT2D eigenvalue weighted by Gasteiger charge is 2.30. The minimum Gasteiger partial charge on any atom is -0.444 e. The molecule has 7 nitrogen and oxygen atoms in total. The van der Waals surface area contributed by atoms with E-state index in [1.54, 1.807) is 4.90 Å². The first-order chi connectivity index (χ1) is 16.5. The average Bonchev–Trinajstić information content (AvgIpc) is 3.12. The Kier molecular flexibility index (Phi) is 6.64. The van der Waals surface area contributed by atoms with Gasteiger partial charge in [-0.1, -0.05) is 41.9 Å². The molecule has 0 fully saturated rings. The lowest BCUT2D eigenvalue weighted by Crippen LogP contribution is -2.40. The normalized spacial score (nSPS) is 13.5. The Labute approximate surface area is 210 Å². The van der Waals surface area contributed by atoms with E-state index in [9.17, 15) is 9.59 Å². The number of fused-ring (bicyclic) bond motifs is 1. The molecule has 2 heterocycles. The maximum absolute atomic E-state index is 13.3. The predicted molar refractivity (Wildman–Crippen MR) is 138 cm³/mol. The van der Waals surface area contributed by atoms with Crippen LogP contribution in [-0.4, -0.2) is 38.5 Å². The molecular formula is C27H31ClN4O3. The van der Waals surface area contributed by atoms with Crippen LogP contribution in [0.2, 0.25) is 5.02 Å². The quantitative estimate of drug-likeness (QED) is 0.390. The van der Waals surface area contributed by atoms with Gasteiger partial charge >= 0.3 is 6.09 Å². The van der Waals surface area contributed by atoms with Gasteiger partial charge in [-0.05, 0) is 50.5 Å². The molecule has 0 bridgehead atoms. The second-order valence-electron chi connectivity index (χ2n) is 9.94. The van der Waals surface area contributed by atoms with Crippen molar-refractivity contribution in [3.63, 3.8) is 0 Å². The number of ether oxygens (including phenoxy) is 1. The maximum atomic E-state index is 13.3. The van der Waals surface area contributed by atoms with E-state index in [0.29, 0.717) is 36.0 Å². The van der Waals surface area contributed by atoms with Crippen LogP contribution in [0.4, 0.5) is 10.5 Å². The number of nitrogen functional groups attached to an aromatic ring is 1. The molecule has 35 heavy (non-hydrogen) atoms. The van der Waals surface area contributed by atoms with Crippen molar-refractivity contribution in [3.05, 3.63) is 69.8 Å². The number of nitrogens with two attached hydrogens (primary N) is 1. The predicted octanol–water partition coefficient (Wildman–Crippen LogP) is 5.35. The number of benzene rings is 2. The van der Waals surface area contributed by atoms with Crippen molar-refractivity contribution in [2.75, 3.05) is 12.3 Å². The number of hydrogen-bond acceptors (Lipinski definition) is 5. The molecule has 184 valence electrons. The summed E-state index contributed by atoms with van der Waals surface area (Å²) in [6.07, 6.45) is 0.353.